The lowest BCUT2D eigenvalue weighted by Crippen LogP contribution is -2.36. The third kappa shape index (κ3) is 3.62. The lowest BCUT2D eigenvalue weighted by atomic mass is 10.1. The second-order valence-electron chi connectivity index (χ2n) is 6.55. The number of carbonyl (C=O) groups excluding carboxylic acids is 2. The molecule has 1 unspecified atom stereocenters. The van der Waals surface area contributed by atoms with Gasteiger partial charge in [0.25, 0.3) is 0 Å². The second-order valence-corrected chi connectivity index (χ2v) is 7.84. The summed E-state index contributed by atoms with van der Waals surface area (Å²) in [6.45, 7) is 0.530. The van der Waals surface area contributed by atoms with E-state index in [0.29, 0.717) is 29.9 Å². The van der Waals surface area contributed by atoms with E-state index in [0.717, 1.165) is 9.86 Å². The van der Waals surface area contributed by atoms with E-state index >= 15 is 0 Å². The van der Waals surface area contributed by atoms with E-state index in [1.807, 2.05) is 6.07 Å². The van der Waals surface area contributed by atoms with E-state index in [2.05, 4.69) is 31.2 Å². The maximum Gasteiger partial charge on any atom is 0.239 e. The van der Waals surface area contributed by atoms with Crippen LogP contribution in [0.15, 0.2) is 41.1 Å². The number of anilines is 1. The van der Waals surface area contributed by atoms with Crippen LogP contribution >= 0.6 is 27.5 Å². The number of halogens is 3. The van der Waals surface area contributed by atoms with Crippen LogP contribution in [-0.4, -0.2) is 28.3 Å². The van der Waals surface area contributed by atoms with E-state index in [-0.39, 0.29) is 23.4 Å². The first-order valence-corrected chi connectivity index (χ1v) is 9.76. The molecule has 6 nitrogen and oxygen atoms in total. The van der Waals surface area contributed by atoms with Gasteiger partial charge in [-0.05, 0) is 52.2 Å². The molecule has 1 aliphatic heterocycles. The molecule has 0 spiro atoms. The highest BCUT2D eigenvalue weighted by Crippen LogP contribution is 2.30. The Morgan fingerprint density at radius 2 is 2.21 bits per heavy atom. The molecule has 144 valence electrons. The summed E-state index contributed by atoms with van der Waals surface area (Å²) in [5.41, 5.74) is 1.89. The monoisotopic (exact) mass is 464 g/mol. The zero-order chi connectivity index (χ0) is 19.8. The van der Waals surface area contributed by atoms with Crippen molar-refractivity contribution in [3.63, 3.8) is 0 Å². The van der Waals surface area contributed by atoms with Crippen LogP contribution in [0, 0.1) is 11.7 Å². The Kier molecular flexibility index (Phi) is 5.07. The Bertz CT molecular complexity index is 1070. The number of H-pyrrole nitrogens is 1. The van der Waals surface area contributed by atoms with Gasteiger partial charge in [0.15, 0.2) is 0 Å². The van der Waals surface area contributed by atoms with Crippen LogP contribution in [0.1, 0.15) is 12.0 Å². The predicted octanol–water partition coefficient (Wildman–Crippen LogP) is 3.79. The second kappa shape index (κ2) is 7.52. The summed E-state index contributed by atoms with van der Waals surface area (Å²) in [5.74, 6) is -1.92. The molecule has 2 N–H and O–H groups in total. The van der Waals surface area contributed by atoms with Gasteiger partial charge in [0.05, 0.1) is 11.9 Å². The van der Waals surface area contributed by atoms with Crippen molar-refractivity contribution in [2.24, 2.45) is 5.92 Å². The summed E-state index contributed by atoms with van der Waals surface area (Å²) in [6.07, 6.45) is 3.79. The minimum atomic E-state index is -0.783. The first kappa shape index (κ1) is 18.9. The molecule has 4 rings (SSSR count). The van der Waals surface area contributed by atoms with Crippen molar-refractivity contribution in [1.82, 2.24) is 15.3 Å². The summed E-state index contributed by atoms with van der Waals surface area (Å²) in [7, 11) is 0. The molecule has 0 aliphatic carbocycles. The standard InChI is InChI=1S/C19H15BrClFN4O2/c20-16-9-24-17-15(16)6-13(8-23-17)26-2-1-14(19(26)28)18(27)25-7-10-3-11(21)5-12(22)4-10/h3-6,8-9,14H,1-2,7H2,(H,23,24)(H,25,27). The molecule has 3 heterocycles. The number of pyridine rings is 1. The average molecular weight is 466 g/mol. The number of fused-ring (bicyclic) bond motifs is 1. The molecule has 2 aromatic heterocycles. The topological polar surface area (TPSA) is 78.1 Å². The van der Waals surface area contributed by atoms with Gasteiger partial charge in [0.2, 0.25) is 11.8 Å². The molecule has 1 aromatic carbocycles. The Labute approximate surface area is 173 Å². The molecular formula is C19H15BrClFN4O2. The summed E-state index contributed by atoms with van der Waals surface area (Å²) in [4.78, 5) is 34.2. The fourth-order valence-corrected chi connectivity index (χ4v) is 3.97. The van der Waals surface area contributed by atoms with Gasteiger partial charge in [-0.1, -0.05) is 11.6 Å². The number of hydrogen-bond donors (Lipinski definition) is 2. The summed E-state index contributed by atoms with van der Waals surface area (Å²) in [6, 6.07) is 5.92. The molecule has 1 saturated heterocycles. The Morgan fingerprint density at radius 1 is 1.39 bits per heavy atom. The van der Waals surface area contributed by atoms with Gasteiger partial charge in [-0.15, -0.1) is 0 Å². The van der Waals surface area contributed by atoms with Crippen LogP contribution in [0.2, 0.25) is 5.02 Å². The summed E-state index contributed by atoms with van der Waals surface area (Å²) in [5, 5.41) is 3.81. The molecule has 0 radical (unpaired) electrons. The van der Waals surface area contributed by atoms with E-state index in [1.54, 1.807) is 23.4 Å². The van der Waals surface area contributed by atoms with E-state index in [4.69, 9.17) is 11.6 Å². The van der Waals surface area contributed by atoms with Gasteiger partial charge < -0.3 is 15.2 Å². The third-order valence-corrected chi connectivity index (χ3v) is 5.56. The highest BCUT2D eigenvalue weighted by Gasteiger charge is 2.37. The number of nitrogens with zero attached hydrogens (tertiary/aromatic N) is 2. The van der Waals surface area contributed by atoms with Crippen molar-refractivity contribution in [3.8, 4) is 0 Å². The first-order chi connectivity index (χ1) is 13.4. The zero-order valence-corrected chi connectivity index (χ0v) is 16.8. The lowest BCUT2D eigenvalue weighted by molar-refractivity contribution is -0.132. The maximum absolute atomic E-state index is 13.4. The fourth-order valence-electron chi connectivity index (χ4n) is 3.31. The van der Waals surface area contributed by atoms with Crippen LogP contribution < -0.4 is 10.2 Å². The largest absolute Gasteiger partial charge is 0.351 e. The van der Waals surface area contributed by atoms with Crippen LogP contribution in [0.5, 0.6) is 0 Å². The van der Waals surface area contributed by atoms with E-state index in [1.165, 1.54) is 12.1 Å². The van der Waals surface area contributed by atoms with Gasteiger partial charge in [0, 0.05) is 34.2 Å². The fraction of sp³-hybridized carbons (Fsp3) is 0.211. The predicted molar refractivity (Wildman–Crippen MR) is 108 cm³/mol. The van der Waals surface area contributed by atoms with Crippen molar-refractivity contribution < 1.29 is 14.0 Å². The van der Waals surface area contributed by atoms with Gasteiger partial charge in [0.1, 0.15) is 17.4 Å². The molecule has 1 fully saturated rings. The zero-order valence-electron chi connectivity index (χ0n) is 14.5. The number of aromatic nitrogens is 2. The van der Waals surface area contributed by atoms with Crippen molar-refractivity contribution in [2.45, 2.75) is 13.0 Å². The van der Waals surface area contributed by atoms with Crippen LogP contribution in [-0.2, 0) is 16.1 Å². The molecular weight excluding hydrogens is 451 g/mol. The third-order valence-electron chi connectivity index (χ3n) is 4.69. The molecule has 0 saturated carbocycles. The van der Waals surface area contributed by atoms with Gasteiger partial charge in [-0.2, -0.15) is 0 Å². The lowest BCUT2D eigenvalue weighted by Gasteiger charge is -2.16. The van der Waals surface area contributed by atoms with Crippen LogP contribution in [0.3, 0.4) is 0 Å². The highest BCUT2D eigenvalue weighted by molar-refractivity contribution is 9.10. The quantitative estimate of drug-likeness (QED) is 0.576. The minimum Gasteiger partial charge on any atom is -0.351 e. The smallest absolute Gasteiger partial charge is 0.239 e. The number of amides is 2. The number of rotatable bonds is 4. The number of hydrogen-bond acceptors (Lipinski definition) is 3. The number of benzene rings is 1. The molecule has 1 atom stereocenters. The molecule has 9 heteroatoms. The molecule has 3 aromatic rings. The average Bonchev–Trinajstić information content (AvgIpc) is 3.22. The normalized spacial score (nSPS) is 16.8. The minimum absolute atomic E-state index is 0.101. The number of aromatic amines is 1. The van der Waals surface area contributed by atoms with Crippen LogP contribution in [0.25, 0.3) is 11.0 Å². The van der Waals surface area contributed by atoms with Gasteiger partial charge in [-0.25, -0.2) is 9.37 Å². The van der Waals surface area contributed by atoms with Crippen LogP contribution in [0.4, 0.5) is 10.1 Å². The molecule has 28 heavy (non-hydrogen) atoms. The molecule has 0 bridgehead atoms. The summed E-state index contributed by atoms with van der Waals surface area (Å²) < 4.78 is 14.3. The number of carbonyl (C=O) groups is 2. The maximum atomic E-state index is 13.4. The van der Waals surface area contributed by atoms with Crippen molar-refractivity contribution >= 4 is 56.1 Å². The van der Waals surface area contributed by atoms with Crippen molar-refractivity contribution in [1.29, 1.82) is 0 Å². The van der Waals surface area contributed by atoms with E-state index < -0.39 is 11.7 Å². The Balaban J connectivity index is 1.45. The van der Waals surface area contributed by atoms with Gasteiger partial charge in [-0.3, -0.25) is 9.59 Å². The Hall–Kier alpha value is -2.45. The molecule has 1 aliphatic rings. The van der Waals surface area contributed by atoms with Crippen molar-refractivity contribution in [2.75, 3.05) is 11.4 Å². The summed E-state index contributed by atoms with van der Waals surface area (Å²) >= 11 is 9.26. The Morgan fingerprint density at radius 3 is 3.00 bits per heavy atom. The molecule has 2 amide bonds. The first-order valence-electron chi connectivity index (χ1n) is 8.59. The highest BCUT2D eigenvalue weighted by atomic mass is 79.9. The number of nitrogens with one attached hydrogen (secondary N) is 2. The van der Waals surface area contributed by atoms with Crippen molar-refractivity contribution in [3.05, 3.63) is 57.5 Å². The van der Waals surface area contributed by atoms with E-state index in [9.17, 15) is 14.0 Å². The van der Waals surface area contributed by atoms with Gasteiger partial charge >= 0.3 is 0 Å². The SMILES string of the molecule is O=C(NCc1cc(F)cc(Cl)c1)C1CCN(c2cnc3[nH]cc(Br)c3c2)C1=O.